The molecule has 0 amide bonds. The van der Waals surface area contributed by atoms with Gasteiger partial charge in [-0.05, 0) is 148 Å². The molecule has 0 bridgehead atoms. The van der Waals surface area contributed by atoms with Crippen molar-refractivity contribution < 1.29 is 196 Å². The number of aryl methyl sites for hydroxylation is 12. The first kappa shape index (κ1) is 107. The van der Waals surface area contributed by atoms with Crippen LogP contribution in [0.4, 0.5) is 8.78 Å². The van der Waals surface area contributed by atoms with Crippen LogP contribution in [0.15, 0.2) is 206 Å². The number of ether oxygens (including phenoxy) is 5. The molecule has 2 saturated carbocycles. The number of benzene rings is 10. The van der Waals surface area contributed by atoms with Crippen LogP contribution in [0.1, 0.15) is 155 Å². The van der Waals surface area contributed by atoms with Gasteiger partial charge in [-0.25, -0.2) is 32.8 Å². The minimum absolute atomic E-state index is 0. The van der Waals surface area contributed by atoms with Gasteiger partial charge in [0.05, 0.1) is 34.4 Å². The molecule has 30 nitrogen and oxygen atoms in total. The number of rotatable bonds is 26. The van der Waals surface area contributed by atoms with Gasteiger partial charge in [-0.15, -0.1) is 58.1 Å². The third-order valence-electron chi connectivity index (χ3n) is 21.5. The summed E-state index contributed by atoms with van der Waals surface area (Å²) in [4.78, 5) is 61.4. The molecule has 5 radical (unpaired) electrons. The van der Waals surface area contributed by atoms with E-state index in [2.05, 4.69) is 128 Å². The average molecular weight is 2150 g/mol. The molecule has 37 heteroatoms. The SMILES string of the molecule is CCCc1cccc(-n2nnn(C)c2=O)c1COc1cc[c-]cc1C.CCc1cccc(-n2nnn(C)c2=O)c1COc1cc[c-]cc1C.Cc1c[c-]ccc1OCc1c(C(C)C)cccc1-n1nnn(C)c1=O.Cc1c[c-]ccc1OCc1c(C2CC2(F)F)cccc1-n1nnn(C)c1=O.Cc1c[c-]ccc1OCc1c(C2CC2)cccc1-n1nnn(C)c1=O.[Y].[Y].[Y].[Y].[Y]. The third kappa shape index (κ3) is 26.3. The topological polar surface area (TPSA) is 310 Å². The second-order valence-corrected chi connectivity index (χ2v) is 30.8. The second kappa shape index (κ2) is 49.8. The first-order valence-electron chi connectivity index (χ1n) is 41.1. The van der Waals surface area contributed by atoms with Gasteiger partial charge < -0.3 is 23.7 Å². The fourth-order valence-electron chi connectivity index (χ4n) is 14.2. The van der Waals surface area contributed by atoms with Crippen LogP contribution in [0.2, 0.25) is 0 Å². The maximum Gasteiger partial charge on any atom is 0.368 e. The number of hydrogen-bond donors (Lipinski definition) is 0. The van der Waals surface area contributed by atoms with Crippen molar-refractivity contribution in [3.8, 4) is 57.2 Å². The Bertz CT molecular complexity index is 6520. The van der Waals surface area contributed by atoms with Crippen molar-refractivity contribution in [1.82, 2.24) is 99.0 Å². The fraction of sp³-hybridized carbons (Fsp3) is 0.309. The molecule has 5 heterocycles. The Kier molecular flexibility index (Phi) is 40.8. The van der Waals surface area contributed by atoms with Crippen LogP contribution in [0.25, 0.3) is 28.4 Å². The zero-order valence-corrected chi connectivity index (χ0v) is 89.7. The number of tetrazole rings is 5. The maximum atomic E-state index is 13.8. The molecule has 5 aromatic heterocycles. The predicted octanol–water partition coefficient (Wildman–Crippen LogP) is 12.9. The maximum absolute atomic E-state index is 13.8. The van der Waals surface area contributed by atoms with Crippen molar-refractivity contribution in [3.63, 3.8) is 0 Å². The van der Waals surface area contributed by atoms with Crippen LogP contribution >= 0.6 is 0 Å². The molecular weight excluding hydrogens is 2050 g/mol. The molecule has 131 heavy (non-hydrogen) atoms. The van der Waals surface area contributed by atoms with Gasteiger partial charge in [0.25, 0.3) is 5.92 Å². The Labute approximate surface area is 882 Å². The monoisotopic (exact) mass is 2150 g/mol. The summed E-state index contributed by atoms with van der Waals surface area (Å²) in [6, 6.07) is 71.3. The smallest absolute Gasteiger partial charge is 0.368 e. The molecule has 2 aliphatic carbocycles. The zero-order valence-electron chi connectivity index (χ0n) is 75.5. The quantitative estimate of drug-likeness (QED) is 0.0455. The van der Waals surface area contributed by atoms with E-state index in [0.29, 0.717) is 72.0 Å². The minimum Gasteiger partial charge on any atom is -0.514 e. The van der Waals surface area contributed by atoms with Gasteiger partial charge in [0.15, 0.2) is 0 Å². The largest absolute Gasteiger partial charge is 0.514 e. The molecule has 17 rings (SSSR count). The van der Waals surface area contributed by atoms with Crippen molar-refractivity contribution in [1.29, 1.82) is 0 Å². The summed E-state index contributed by atoms with van der Waals surface area (Å²) >= 11 is 0. The van der Waals surface area contributed by atoms with Gasteiger partial charge in [0, 0.05) is 262 Å². The van der Waals surface area contributed by atoms with Gasteiger partial charge in [-0.3, -0.25) is 0 Å². The van der Waals surface area contributed by atoms with Crippen LogP contribution in [0.3, 0.4) is 0 Å². The van der Waals surface area contributed by atoms with Gasteiger partial charge in [-0.2, -0.15) is 138 Å². The summed E-state index contributed by atoms with van der Waals surface area (Å²) in [5.41, 5.74) is 16.1. The van der Waals surface area contributed by atoms with Crippen molar-refractivity contribution in [3.05, 3.63) is 348 Å². The summed E-state index contributed by atoms with van der Waals surface area (Å²) in [6.45, 7) is 19.7. The molecule has 667 valence electrons. The molecule has 0 N–H and O–H groups in total. The summed E-state index contributed by atoms with van der Waals surface area (Å²) in [5.74, 6) is 1.07. The Morgan fingerprint density at radius 3 is 0.916 bits per heavy atom. The standard InChI is InChI=1S/C19H17F2N4O2.C19H19N4O2.2C19H21N4O2.C18H19N4O2.5Y/c1-12-6-3-4-9-17(12)27-11-14-13(15-10-19(15,20)21)7-5-8-16(14)25-18(26)24(2)22-23-25;1-13-6-3-4-9-18(13)25-12-16-15(14-10-11-14)7-5-8-17(16)23-19(24)22(2)20-21-23;1-13(2)15-9-7-10-17(23-19(24)22(4)20-21-23)16(15)12-25-18-11-6-5-8-14(18)3;1-4-8-15-10-7-11-17(23-19(24)22(3)20-21-23)16(15)13-25-18-12-6-5-9-14(18)2;1-4-14-9-7-10-16(22-18(23)21(3)19-20-22)15(14)12-24-17-11-6-5-8-13(17)2;;;;;/h4-9,15H,10-11H2,1-2H3;4-9,14H,10-12H2,1-2H3;6-11,13H,12H2,1-4H3;6-7,9-12H,4,8,13H2,1-3H3;6-11H,4,12H2,1-3H3;;;;;/q5*-1;;;;;. The molecule has 1 unspecified atom stereocenters. The van der Waals surface area contributed by atoms with E-state index in [1.54, 1.807) is 64.6 Å². The normalized spacial score (nSPS) is 12.5. The van der Waals surface area contributed by atoms with Crippen molar-refractivity contribution in [2.75, 3.05) is 0 Å². The first-order valence-corrected chi connectivity index (χ1v) is 41.1. The number of hydrogen-bond acceptors (Lipinski definition) is 20. The number of halogens is 2. The summed E-state index contributed by atoms with van der Waals surface area (Å²) in [5, 5.41) is 38.7. The number of aromatic nitrogens is 20. The molecular formula is C94H97F2N20O10Y5-5. The molecule has 1 atom stereocenters. The van der Waals surface area contributed by atoms with E-state index in [1.165, 1.54) is 62.9 Å². The van der Waals surface area contributed by atoms with Gasteiger partial charge in [-0.1, -0.05) is 129 Å². The second-order valence-electron chi connectivity index (χ2n) is 30.8. The Morgan fingerprint density at radius 2 is 0.634 bits per heavy atom. The Balaban J connectivity index is 0.000000200. The van der Waals surface area contributed by atoms with Crippen LogP contribution in [-0.2, 0) is 245 Å². The van der Waals surface area contributed by atoms with E-state index in [0.717, 1.165) is 124 Å². The number of alkyl halides is 2. The molecule has 2 fully saturated rings. The molecule has 0 aliphatic heterocycles. The van der Waals surface area contributed by atoms with Gasteiger partial charge >= 0.3 is 28.4 Å². The molecule has 0 saturated heterocycles. The zero-order chi connectivity index (χ0) is 89.5. The summed E-state index contributed by atoms with van der Waals surface area (Å²) in [7, 11) is 7.82. The van der Waals surface area contributed by atoms with Crippen LogP contribution in [-0.4, -0.2) is 105 Å². The molecule has 2 aliphatic rings. The van der Waals surface area contributed by atoms with Crippen LogP contribution in [0.5, 0.6) is 28.7 Å². The summed E-state index contributed by atoms with van der Waals surface area (Å²) in [6.07, 6.45) is 4.88. The molecule has 10 aromatic carbocycles. The van der Waals surface area contributed by atoms with Crippen molar-refractivity contribution in [2.45, 2.75) is 158 Å². The van der Waals surface area contributed by atoms with Crippen LogP contribution < -0.4 is 52.1 Å². The van der Waals surface area contributed by atoms with E-state index >= 15 is 0 Å². The molecule has 0 spiro atoms. The van der Waals surface area contributed by atoms with E-state index < -0.39 is 17.5 Å². The van der Waals surface area contributed by atoms with Crippen molar-refractivity contribution in [2.24, 2.45) is 35.2 Å². The third-order valence-corrected chi connectivity index (χ3v) is 21.5. The average Bonchev–Trinajstić information content (AvgIpc) is 1.59. The van der Waals surface area contributed by atoms with Crippen molar-refractivity contribution >= 4 is 0 Å². The van der Waals surface area contributed by atoms with Gasteiger partial charge in [0.1, 0.15) is 33.0 Å². The minimum atomic E-state index is -2.74. The predicted molar refractivity (Wildman–Crippen MR) is 466 cm³/mol. The molecule has 15 aromatic rings. The summed E-state index contributed by atoms with van der Waals surface area (Å²) < 4.78 is 69.9. The fourth-order valence-corrected chi connectivity index (χ4v) is 14.2. The Hall–Kier alpha value is -9.07. The van der Waals surface area contributed by atoms with E-state index in [1.807, 2.05) is 162 Å². The first-order chi connectivity index (χ1) is 60.7. The van der Waals surface area contributed by atoms with E-state index in [4.69, 9.17) is 23.7 Å². The van der Waals surface area contributed by atoms with E-state index in [-0.39, 0.29) is 205 Å². The van der Waals surface area contributed by atoms with Gasteiger partial charge in [0.2, 0.25) is 0 Å². The van der Waals surface area contributed by atoms with E-state index in [9.17, 15) is 32.8 Å². The van der Waals surface area contributed by atoms with Crippen LogP contribution in [0, 0.1) is 65.0 Å². The Morgan fingerprint density at radius 1 is 0.366 bits per heavy atom. The number of nitrogens with zero attached hydrogens (tertiary/aromatic N) is 20.